The summed E-state index contributed by atoms with van der Waals surface area (Å²) in [5.41, 5.74) is 6.88. The maximum absolute atomic E-state index is 6.60. The average molecular weight is 661 g/mol. The molecular weight excluding hydrogens is 609 g/mol. The predicted octanol–water partition coefficient (Wildman–Crippen LogP) is 11.4. The molecule has 4 heteroatoms. The summed E-state index contributed by atoms with van der Waals surface area (Å²) in [5.74, 6) is 5.35. The molecule has 0 amide bonds. The maximum atomic E-state index is 6.60. The van der Waals surface area contributed by atoms with Gasteiger partial charge in [-0.15, -0.1) is 0 Å². The van der Waals surface area contributed by atoms with Crippen LogP contribution >= 0.6 is 11.8 Å². The number of ether oxygens (including phenoxy) is 3. The quantitative estimate of drug-likeness (QED) is 0.119. The highest BCUT2D eigenvalue weighted by atomic mass is 32.2. The molecule has 4 unspecified atom stereocenters. The zero-order valence-corrected chi connectivity index (χ0v) is 29.4. The fourth-order valence-corrected chi connectivity index (χ4v) is 8.21. The van der Waals surface area contributed by atoms with Crippen molar-refractivity contribution in [2.45, 2.75) is 88.6 Å². The molecule has 1 aliphatic heterocycles. The Morgan fingerprint density at radius 1 is 0.729 bits per heavy atom. The van der Waals surface area contributed by atoms with E-state index < -0.39 is 0 Å². The standard InChI is InChI=1S/C44H52O3S/c1-34-18-20-36(21-19-34)33-48-30-12-4-10-28-45-40-24-22-37(23-25-40)42-27-26-41(47-43-17-9-11-29-46-43)32-39(31-35-13-5-2-6-14-35)44(42)38-15-7-3-8-16-38/h2-3,5-8,13-16,18-25,32,39,42-44H,4,9-12,17,26-31,33H2,1H3. The lowest BCUT2D eigenvalue weighted by molar-refractivity contribution is -0.140. The van der Waals surface area contributed by atoms with Crippen LogP contribution in [0.1, 0.15) is 91.0 Å². The first-order valence-corrected chi connectivity index (χ1v) is 19.3. The summed E-state index contributed by atoms with van der Waals surface area (Å²) >= 11 is 2.03. The zero-order valence-electron chi connectivity index (χ0n) is 28.6. The van der Waals surface area contributed by atoms with Gasteiger partial charge in [-0.1, -0.05) is 103 Å². The normalized spacial score (nSPS) is 21.2. The van der Waals surface area contributed by atoms with Crippen LogP contribution in [0.2, 0.25) is 0 Å². The van der Waals surface area contributed by atoms with Crippen molar-refractivity contribution in [2.24, 2.45) is 5.92 Å². The van der Waals surface area contributed by atoms with Gasteiger partial charge in [0.05, 0.1) is 19.0 Å². The van der Waals surface area contributed by atoms with Gasteiger partial charge in [0.15, 0.2) is 6.29 Å². The van der Waals surface area contributed by atoms with Gasteiger partial charge in [-0.05, 0) is 116 Å². The van der Waals surface area contributed by atoms with Crippen LogP contribution in [0.25, 0.3) is 0 Å². The van der Waals surface area contributed by atoms with Crippen LogP contribution in [0.4, 0.5) is 0 Å². The monoisotopic (exact) mass is 660 g/mol. The van der Waals surface area contributed by atoms with Crippen molar-refractivity contribution in [1.82, 2.24) is 0 Å². The molecule has 0 saturated carbocycles. The Labute approximate surface area is 293 Å². The lowest BCUT2D eigenvalue weighted by Gasteiger charge is -2.32. The largest absolute Gasteiger partial charge is 0.494 e. The number of thioether (sulfide) groups is 1. The van der Waals surface area contributed by atoms with Crippen molar-refractivity contribution in [3.8, 4) is 5.75 Å². The average Bonchev–Trinajstić information content (AvgIpc) is 3.30. The fourth-order valence-electron chi connectivity index (χ4n) is 7.23. The topological polar surface area (TPSA) is 27.7 Å². The van der Waals surface area contributed by atoms with Gasteiger partial charge in [-0.25, -0.2) is 0 Å². The van der Waals surface area contributed by atoms with Gasteiger partial charge >= 0.3 is 0 Å². The van der Waals surface area contributed by atoms with Crippen molar-refractivity contribution in [1.29, 1.82) is 0 Å². The van der Waals surface area contributed by atoms with Crippen LogP contribution in [0, 0.1) is 12.8 Å². The lowest BCUT2D eigenvalue weighted by Crippen LogP contribution is -2.22. The summed E-state index contributed by atoms with van der Waals surface area (Å²) in [6, 6.07) is 40.0. The van der Waals surface area contributed by atoms with Gasteiger partial charge in [-0.2, -0.15) is 11.8 Å². The van der Waals surface area contributed by atoms with Crippen LogP contribution in [0.15, 0.2) is 121 Å². The number of unbranched alkanes of at least 4 members (excludes halogenated alkanes) is 2. The molecule has 4 atom stereocenters. The van der Waals surface area contributed by atoms with E-state index >= 15 is 0 Å². The summed E-state index contributed by atoms with van der Waals surface area (Å²) in [6.07, 6.45) is 12.0. The first-order chi connectivity index (χ1) is 23.7. The molecule has 0 spiro atoms. The van der Waals surface area contributed by atoms with Gasteiger partial charge < -0.3 is 14.2 Å². The van der Waals surface area contributed by atoms with E-state index in [-0.39, 0.29) is 6.29 Å². The highest BCUT2D eigenvalue weighted by Gasteiger charge is 2.35. The second kappa shape index (κ2) is 18.3. The Morgan fingerprint density at radius 3 is 2.25 bits per heavy atom. The Bertz CT molecular complexity index is 1510. The smallest absolute Gasteiger partial charge is 0.199 e. The van der Waals surface area contributed by atoms with Gasteiger partial charge in [0.1, 0.15) is 5.75 Å². The highest BCUT2D eigenvalue weighted by molar-refractivity contribution is 7.98. The first-order valence-electron chi connectivity index (χ1n) is 18.1. The molecule has 4 aromatic rings. The van der Waals surface area contributed by atoms with Crippen molar-refractivity contribution < 1.29 is 14.2 Å². The number of hydrogen-bond acceptors (Lipinski definition) is 4. The summed E-state index contributed by atoms with van der Waals surface area (Å²) in [5, 5.41) is 0. The van der Waals surface area contributed by atoms with Gasteiger partial charge in [0.2, 0.25) is 0 Å². The van der Waals surface area contributed by atoms with E-state index in [1.54, 1.807) is 0 Å². The molecular formula is C44H52O3S. The molecule has 0 aromatic heterocycles. The van der Waals surface area contributed by atoms with Crippen LogP contribution in [-0.4, -0.2) is 25.3 Å². The molecule has 1 aliphatic carbocycles. The number of aryl methyl sites for hydroxylation is 1. The summed E-state index contributed by atoms with van der Waals surface area (Å²) in [4.78, 5) is 0. The Morgan fingerprint density at radius 2 is 1.50 bits per heavy atom. The number of benzene rings is 4. The molecule has 1 saturated heterocycles. The zero-order chi connectivity index (χ0) is 32.8. The van der Waals surface area contributed by atoms with E-state index in [0.717, 1.165) is 69.0 Å². The molecule has 3 nitrogen and oxygen atoms in total. The molecule has 2 aliphatic rings. The van der Waals surface area contributed by atoms with Crippen molar-refractivity contribution in [2.75, 3.05) is 19.0 Å². The fraction of sp³-hybridized carbons (Fsp3) is 0.409. The molecule has 6 rings (SSSR count). The van der Waals surface area contributed by atoms with Crippen molar-refractivity contribution in [3.63, 3.8) is 0 Å². The maximum Gasteiger partial charge on any atom is 0.199 e. The molecule has 0 N–H and O–H groups in total. The minimum Gasteiger partial charge on any atom is -0.494 e. The highest BCUT2D eigenvalue weighted by Crippen LogP contribution is 2.47. The number of allylic oxidation sites excluding steroid dienone is 2. The molecule has 4 aromatic carbocycles. The van der Waals surface area contributed by atoms with E-state index in [4.69, 9.17) is 14.2 Å². The second-order valence-corrected chi connectivity index (χ2v) is 14.6. The molecule has 0 bridgehead atoms. The van der Waals surface area contributed by atoms with E-state index in [0.29, 0.717) is 17.8 Å². The third-order valence-corrected chi connectivity index (χ3v) is 10.9. The number of hydrogen-bond donors (Lipinski definition) is 0. The molecule has 0 radical (unpaired) electrons. The summed E-state index contributed by atoms with van der Waals surface area (Å²) < 4.78 is 18.8. The van der Waals surface area contributed by atoms with E-state index in [1.165, 1.54) is 52.8 Å². The van der Waals surface area contributed by atoms with Crippen LogP contribution < -0.4 is 4.74 Å². The van der Waals surface area contributed by atoms with E-state index in [2.05, 4.69) is 122 Å². The van der Waals surface area contributed by atoms with Crippen LogP contribution in [-0.2, 0) is 21.6 Å². The lowest BCUT2D eigenvalue weighted by atomic mass is 9.71. The van der Waals surface area contributed by atoms with Gasteiger partial charge in [0, 0.05) is 18.6 Å². The van der Waals surface area contributed by atoms with Gasteiger partial charge in [-0.3, -0.25) is 0 Å². The third kappa shape index (κ3) is 10.3. The molecule has 48 heavy (non-hydrogen) atoms. The van der Waals surface area contributed by atoms with Crippen LogP contribution in [0.3, 0.4) is 0 Å². The molecule has 1 fully saturated rings. The minimum atomic E-state index is -0.122. The summed E-state index contributed by atoms with van der Waals surface area (Å²) in [6.45, 7) is 3.71. The SMILES string of the molecule is Cc1ccc(CSCCCCCOc2ccc(C3CCC(OC4CCCCO4)=CC(Cc4ccccc4)C3c3ccccc3)cc2)cc1. The predicted molar refractivity (Wildman–Crippen MR) is 201 cm³/mol. The summed E-state index contributed by atoms with van der Waals surface area (Å²) in [7, 11) is 0. The minimum absolute atomic E-state index is 0.122. The van der Waals surface area contributed by atoms with Crippen molar-refractivity contribution in [3.05, 3.63) is 149 Å². The Kier molecular flexibility index (Phi) is 13.1. The van der Waals surface area contributed by atoms with E-state index in [9.17, 15) is 0 Å². The van der Waals surface area contributed by atoms with E-state index in [1.807, 2.05) is 11.8 Å². The number of rotatable bonds is 15. The third-order valence-electron chi connectivity index (χ3n) is 9.82. The second-order valence-electron chi connectivity index (χ2n) is 13.5. The first kappa shape index (κ1) is 34.4. The molecule has 1 heterocycles. The molecule has 252 valence electrons. The Balaban J connectivity index is 1.09. The van der Waals surface area contributed by atoms with Gasteiger partial charge in [0.25, 0.3) is 0 Å². The van der Waals surface area contributed by atoms with Crippen LogP contribution in [0.5, 0.6) is 5.75 Å². The van der Waals surface area contributed by atoms with Crippen molar-refractivity contribution >= 4 is 11.8 Å². The Hall–Kier alpha value is -3.47.